The average molecular weight is 283 g/mol. The second kappa shape index (κ2) is 7.73. The van der Waals surface area contributed by atoms with Crippen LogP contribution in [0.1, 0.15) is 12.0 Å². The third-order valence-corrected chi connectivity index (χ3v) is 3.79. The van der Waals surface area contributed by atoms with Crippen molar-refractivity contribution in [3.05, 3.63) is 29.8 Å². The highest BCUT2D eigenvalue weighted by Gasteiger charge is 2.14. The van der Waals surface area contributed by atoms with E-state index in [-0.39, 0.29) is 0 Å². The summed E-state index contributed by atoms with van der Waals surface area (Å²) in [6.07, 6.45) is 1.22. The molecule has 1 aliphatic rings. The first-order valence-corrected chi connectivity index (χ1v) is 7.49. The van der Waals surface area contributed by atoms with E-state index in [0.29, 0.717) is 0 Å². The van der Waals surface area contributed by atoms with Crippen LogP contribution in [0.3, 0.4) is 0 Å². The molecule has 0 radical (unpaired) electrons. The maximum Gasteiger partial charge on any atom is 0.119 e. The number of nitrogens with zero attached hydrogens (tertiary/aromatic N) is 2. The highest BCUT2D eigenvalue weighted by molar-refractivity contribution is 6.18. The second-order valence-corrected chi connectivity index (χ2v) is 5.39. The summed E-state index contributed by atoms with van der Waals surface area (Å²) in [4.78, 5) is 4.97. The summed E-state index contributed by atoms with van der Waals surface area (Å²) in [6.45, 7) is 6.59. The molecule has 1 saturated heterocycles. The Balaban J connectivity index is 1.88. The fourth-order valence-corrected chi connectivity index (χ4v) is 2.79. The monoisotopic (exact) mass is 282 g/mol. The van der Waals surface area contributed by atoms with Gasteiger partial charge in [0.2, 0.25) is 0 Å². The maximum absolute atomic E-state index is 5.82. The van der Waals surface area contributed by atoms with Gasteiger partial charge in [0.05, 0.1) is 7.11 Å². The Morgan fingerprint density at radius 1 is 1.16 bits per heavy atom. The second-order valence-electron chi connectivity index (χ2n) is 5.01. The lowest BCUT2D eigenvalue weighted by molar-refractivity contribution is 0.258. The van der Waals surface area contributed by atoms with Crippen molar-refractivity contribution < 1.29 is 4.74 Å². The van der Waals surface area contributed by atoms with E-state index in [1.807, 2.05) is 6.07 Å². The Kier molecular flexibility index (Phi) is 5.95. The first-order valence-electron chi connectivity index (χ1n) is 6.95. The van der Waals surface area contributed by atoms with E-state index >= 15 is 0 Å². The van der Waals surface area contributed by atoms with Crippen LogP contribution in [-0.4, -0.2) is 55.5 Å². The van der Waals surface area contributed by atoms with E-state index < -0.39 is 0 Å². The smallest absolute Gasteiger partial charge is 0.119 e. The minimum absolute atomic E-state index is 0.732. The van der Waals surface area contributed by atoms with Crippen LogP contribution in [0, 0.1) is 0 Å². The van der Waals surface area contributed by atoms with Gasteiger partial charge >= 0.3 is 0 Å². The van der Waals surface area contributed by atoms with E-state index in [1.165, 1.54) is 18.5 Å². The Bertz CT molecular complexity index is 386. The summed E-state index contributed by atoms with van der Waals surface area (Å²) in [5.74, 6) is 1.67. The van der Waals surface area contributed by atoms with Crippen molar-refractivity contribution in [3.8, 4) is 5.75 Å². The molecule has 1 fully saturated rings. The van der Waals surface area contributed by atoms with Gasteiger partial charge in [-0.25, -0.2) is 0 Å². The summed E-state index contributed by atoms with van der Waals surface area (Å²) >= 11 is 5.82. The molecule has 1 aromatic rings. The minimum atomic E-state index is 0.732. The van der Waals surface area contributed by atoms with Crippen LogP contribution in [0.5, 0.6) is 5.75 Å². The largest absolute Gasteiger partial charge is 0.497 e. The van der Waals surface area contributed by atoms with Gasteiger partial charge in [-0.05, 0) is 37.2 Å². The summed E-state index contributed by atoms with van der Waals surface area (Å²) in [5, 5.41) is 0. The third-order valence-electron chi connectivity index (χ3n) is 3.62. The van der Waals surface area contributed by atoms with Gasteiger partial charge in [0.1, 0.15) is 5.75 Å². The van der Waals surface area contributed by atoms with Crippen LogP contribution in [0.25, 0.3) is 0 Å². The van der Waals surface area contributed by atoms with Gasteiger partial charge in [0.15, 0.2) is 0 Å². The van der Waals surface area contributed by atoms with E-state index in [9.17, 15) is 0 Å². The van der Waals surface area contributed by atoms with Crippen molar-refractivity contribution in [1.29, 1.82) is 0 Å². The van der Waals surface area contributed by atoms with Gasteiger partial charge in [-0.2, -0.15) is 0 Å². The average Bonchev–Trinajstić information content (AvgIpc) is 2.65. The van der Waals surface area contributed by atoms with Crippen LogP contribution in [0.2, 0.25) is 0 Å². The zero-order chi connectivity index (χ0) is 13.5. The highest BCUT2D eigenvalue weighted by atomic mass is 35.5. The number of ether oxygens (including phenoxy) is 1. The maximum atomic E-state index is 5.82. The molecule has 3 nitrogen and oxygen atoms in total. The number of rotatable bonds is 5. The van der Waals surface area contributed by atoms with Crippen LogP contribution < -0.4 is 4.74 Å². The van der Waals surface area contributed by atoms with E-state index in [0.717, 1.165) is 44.4 Å². The number of halogens is 1. The van der Waals surface area contributed by atoms with Crippen LogP contribution >= 0.6 is 11.6 Å². The van der Waals surface area contributed by atoms with Crippen LogP contribution in [0.15, 0.2) is 24.3 Å². The molecule has 0 bridgehead atoms. The van der Waals surface area contributed by atoms with Gasteiger partial charge in [-0.15, -0.1) is 11.6 Å². The van der Waals surface area contributed by atoms with Gasteiger partial charge in [-0.1, -0.05) is 12.1 Å². The number of hydrogen-bond donors (Lipinski definition) is 0. The Hall–Kier alpha value is -0.770. The Morgan fingerprint density at radius 2 is 1.95 bits per heavy atom. The SMILES string of the molecule is COc1cccc(CN2CCCN(CCCl)CC2)c1. The number of methoxy groups -OCH3 is 1. The van der Waals surface area contributed by atoms with Crippen LogP contribution in [-0.2, 0) is 6.54 Å². The molecule has 4 heteroatoms. The molecule has 0 amide bonds. The molecule has 0 N–H and O–H groups in total. The number of benzene rings is 1. The van der Waals surface area contributed by atoms with Crippen molar-refractivity contribution >= 4 is 11.6 Å². The van der Waals surface area contributed by atoms with E-state index in [2.05, 4.69) is 28.0 Å². The molecular formula is C15H23ClN2O. The van der Waals surface area contributed by atoms with Gasteiger partial charge < -0.3 is 9.64 Å². The van der Waals surface area contributed by atoms with Crippen molar-refractivity contribution in [2.45, 2.75) is 13.0 Å². The first-order chi connectivity index (χ1) is 9.31. The van der Waals surface area contributed by atoms with Crippen molar-refractivity contribution in [2.75, 3.05) is 45.7 Å². The minimum Gasteiger partial charge on any atom is -0.497 e. The van der Waals surface area contributed by atoms with E-state index in [4.69, 9.17) is 16.3 Å². The first kappa shape index (κ1) is 14.6. The van der Waals surface area contributed by atoms with Crippen molar-refractivity contribution in [2.24, 2.45) is 0 Å². The summed E-state index contributed by atoms with van der Waals surface area (Å²) in [5.41, 5.74) is 1.32. The lowest BCUT2D eigenvalue weighted by atomic mass is 10.2. The molecule has 0 aliphatic carbocycles. The molecule has 19 heavy (non-hydrogen) atoms. The highest BCUT2D eigenvalue weighted by Crippen LogP contribution is 2.15. The van der Waals surface area contributed by atoms with Gasteiger partial charge in [-0.3, -0.25) is 4.90 Å². The lowest BCUT2D eigenvalue weighted by Crippen LogP contribution is -2.31. The zero-order valence-electron chi connectivity index (χ0n) is 11.6. The van der Waals surface area contributed by atoms with E-state index in [1.54, 1.807) is 7.11 Å². The van der Waals surface area contributed by atoms with Gasteiger partial charge in [0.25, 0.3) is 0 Å². The molecule has 0 atom stereocenters. The zero-order valence-corrected chi connectivity index (χ0v) is 12.4. The summed E-state index contributed by atoms with van der Waals surface area (Å²) in [6, 6.07) is 8.35. The Labute approximate surface area is 121 Å². The normalized spacial score (nSPS) is 18.2. The summed E-state index contributed by atoms with van der Waals surface area (Å²) in [7, 11) is 1.72. The predicted molar refractivity (Wildman–Crippen MR) is 80.0 cm³/mol. The fourth-order valence-electron chi connectivity index (χ4n) is 2.55. The standard InChI is InChI=1S/C15H23ClN2O/c1-19-15-5-2-4-14(12-15)13-18-8-3-7-17(9-6-16)10-11-18/h2,4-5,12H,3,6-11,13H2,1H3. The molecule has 1 heterocycles. The quantitative estimate of drug-likeness (QED) is 0.772. The molecule has 106 valence electrons. The number of alkyl halides is 1. The molecule has 0 spiro atoms. The predicted octanol–water partition coefficient (Wildman–Crippen LogP) is 2.44. The Morgan fingerprint density at radius 3 is 2.74 bits per heavy atom. The molecule has 2 rings (SSSR count). The molecule has 0 unspecified atom stereocenters. The topological polar surface area (TPSA) is 15.7 Å². The van der Waals surface area contributed by atoms with Crippen molar-refractivity contribution in [3.63, 3.8) is 0 Å². The molecule has 1 aromatic carbocycles. The number of hydrogen-bond acceptors (Lipinski definition) is 3. The molecule has 1 aliphatic heterocycles. The van der Waals surface area contributed by atoms with Crippen molar-refractivity contribution in [1.82, 2.24) is 9.80 Å². The summed E-state index contributed by atoms with van der Waals surface area (Å²) < 4.78 is 5.28. The molecular weight excluding hydrogens is 260 g/mol. The fraction of sp³-hybridized carbons (Fsp3) is 0.600. The van der Waals surface area contributed by atoms with Crippen LogP contribution in [0.4, 0.5) is 0 Å². The third kappa shape index (κ3) is 4.68. The molecule has 0 aromatic heterocycles. The van der Waals surface area contributed by atoms with Gasteiger partial charge in [0, 0.05) is 32.1 Å². The lowest BCUT2D eigenvalue weighted by Gasteiger charge is -2.21. The molecule has 0 saturated carbocycles.